The van der Waals surface area contributed by atoms with Crippen molar-refractivity contribution in [2.24, 2.45) is 5.41 Å². The number of carbonyl (C=O) groups excluding carboxylic acids is 2. The topological polar surface area (TPSA) is 91.0 Å². The van der Waals surface area contributed by atoms with Gasteiger partial charge in [-0.1, -0.05) is 20.8 Å². The largest absolute Gasteiger partial charge is 0.344 e. The van der Waals surface area contributed by atoms with Gasteiger partial charge in [-0.15, -0.1) is 0 Å². The first kappa shape index (κ1) is 18.9. The fourth-order valence-corrected chi connectivity index (χ4v) is 3.81. The smallest absolute Gasteiger partial charge is 0.255 e. The van der Waals surface area contributed by atoms with Gasteiger partial charge < -0.3 is 15.2 Å². The Morgan fingerprint density at radius 1 is 1.21 bits per heavy atom. The fraction of sp³-hybridized carbons (Fsp3) is 0.619. The van der Waals surface area contributed by atoms with Gasteiger partial charge in [0.1, 0.15) is 11.6 Å². The van der Waals surface area contributed by atoms with Gasteiger partial charge in [0.25, 0.3) is 5.91 Å². The summed E-state index contributed by atoms with van der Waals surface area (Å²) >= 11 is 0. The number of piperidine rings is 1. The lowest BCUT2D eigenvalue weighted by Crippen LogP contribution is -2.55. The van der Waals surface area contributed by atoms with Crippen molar-refractivity contribution < 1.29 is 9.59 Å². The van der Waals surface area contributed by atoms with E-state index >= 15 is 0 Å². The van der Waals surface area contributed by atoms with Crippen molar-refractivity contribution in [3.05, 3.63) is 23.7 Å². The quantitative estimate of drug-likeness (QED) is 0.849. The van der Waals surface area contributed by atoms with E-state index in [0.29, 0.717) is 22.6 Å². The summed E-state index contributed by atoms with van der Waals surface area (Å²) in [4.78, 5) is 40.2. The van der Waals surface area contributed by atoms with Crippen molar-refractivity contribution in [2.45, 2.75) is 64.8 Å². The summed E-state index contributed by atoms with van der Waals surface area (Å²) in [5, 5.41) is 2.99. The summed E-state index contributed by atoms with van der Waals surface area (Å²) in [5.41, 5.74) is 2.19. The van der Waals surface area contributed by atoms with Gasteiger partial charge in [0.15, 0.2) is 5.65 Å². The molecule has 2 amide bonds. The van der Waals surface area contributed by atoms with Gasteiger partial charge >= 0.3 is 0 Å². The van der Waals surface area contributed by atoms with Gasteiger partial charge in [0.05, 0.1) is 17.5 Å². The monoisotopic (exact) mass is 383 g/mol. The molecule has 28 heavy (non-hydrogen) atoms. The van der Waals surface area contributed by atoms with Crippen LogP contribution in [0.4, 0.5) is 0 Å². The lowest BCUT2D eigenvalue weighted by Gasteiger charge is -2.36. The molecule has 7 nitrogen and oxygen atoms in total. The minimum Gasteiger partial charge on any atom is -0.344 e. The van der Waals surface area contributed by atoms with E-state index in [0.717, 1.165) is 50.9 Å². The van der Waals surface area contributed by atoms with Crippen LogP contribution in [-0.4, -0.2) is 50.8 Å². The first-order chi connectivity index (χ1) is 13.3. The zero-order valence-electron chi connectivity index (χ0n) is 16.9. The molecule has 2 aromatic rings. The summed E-state index contributed by atoms with van der Waals surface area (Å²) in [6.45, 7) is 7.50. The van der Waals surface area contributed by atoms with Gasteiger partial charge in [-0.3, -0.25) is 9.59 Å². The number of nitrogens with zero attached hydrogens (tertiary/aromatic N) is 3. The van der Waals surface area contributed by atoms with Crippen LogP contribution in [0.2, 0.25) is 0 Å². The summed E-state index contributed by atoms with van der Waals surface area (Å²) in [6.07, 6.45) is 8.90. The number of hydrogen-bond acceptors (Lipinski definition) is 4. The molecule has 2 aliphatic rings. The Labute approximate surface area is 165 Å². The molecule has 1 saturated heterocycles. The molecule has 2 N–H and O–H groups in total. The molecule has 150 valence electrons. The van der Waals surface area contributed by atoms with Gasteiger partial charge in [-0.05, 0) is 37.5 Å². The molecular formula is C21H29N5O2. The highest BCUT2D eigenvalue weighted by atomic mass is 16.2. The lowest BCUT2D eigenvalue weighted by molar-refractivity contribution is -0.136. The van der Waals surface area contributed by atoms with E-state index in [4.69, 9.17) is 0 Å². The number of hydrogen-bond donors (Lipinski definition) is 2. The van der Waals surface area contributed by atoms with Crippen LogP contribution in [0.1, 0.15) is 74.8 Å². The second kappa shape index (κ2) is 7.18. The van der Waals surface area contributed by atoms with Crippen molar-refractivity contribution in [3.8, 4) is 0 Å². The average molecular weight is 383 g/mol. The maximum atomic E-state index is 13.1. The number of fused-ring (bicyclic) bond motifs is 1. The molecule has 0 spiro atoms. The Balaban J connectivity index is 1.58. The third kappa shape index (κ3) is 3.75. The van der Waals surface area contributed by atoms with E-state index in [1.165, 1.54) is 0 Å². The summed E-state index contributed by atoms with van der Waals surface area (Å²) in [6, 6.07) is -0.581. The maximum Gasteiger partial charge on any atom is 0.255 e. The van der Waals surface area contributed by atoms with E-state index in [1.54, 1.807) is 12.4 Å². The molecule has 3 heterocycles. The highest BCUT2D eigenvalue weighted by Gasteiger charge is 2.36. The third-order valence-corrected chi connectivity index (χ3v) is 5.70. The second-order valence-electron chi connectivity index (χ2n) is 9.13. The number of likely N-dealkylation sites (tertiary alicyclic amines) is 1. The first-order valence-corrected chi connectivity index (χ1v) is 10.3. The summed E-state index contributed by atoms with van der Waals surface area (Å²) in [5.74, 6) is 0.189. The maximum absolute atomic E-state index is 13.1. The number of nitrogens with one attached hydrogen (secondary N) is 2. The summed E-state index contributed by atoms with van der Waals surface area (Å²) < 4.78 is 0. The van der Waals surface area contributed by atoms with E-state index in [9.17, 15) is 9.59 Å². The molecule has 1 saturated carbocycles. The third-order valence-electron chi connectivity index (χ3n) is 5.70. The second-order valence-corrected chi connectivity index (χ2v) is 9.13. The van der Waals surface area contributed by atoms with Crippen LogP contribution in [0.5, 0.6) is 0 Å². The van der Waals surface area contributed by atoms with E-state index in [1.807, 2.05) is 25.7 Å². The molecule has 2 aromatic heterocycles. The number of rotatable bonds is 4. The fourth-order valence-electron chi connectivity index (χ4n) is 3.81. The molecule has 1 atom stereocenters. The standard InChI is InChI=1S/C21H29N5O2/c1-21(2,3)17(20(28)26-9-5-4-6-10-26)25-19(27)14-11-22-18-16(14)24-15(12-23-18)13-7-8-13/h11-13,17H,4-10H2,1-3H3,(H,22,23)(H,25,27)/t17-/m0/s1. The number of aromatic nitrogens is 3. The Morgan fingerprint density at radius 3 is 2.57 bits per heavy atom. The van der Waals surface area contributed by atoms with Gasteiger partial charge in [-0.25, -0.2) is 9.97 Å². The molecule has 7 heteroatoms. The van der Waals surface area contributed by atoms with Crippen LogP contribution < -0.4 is 5.32 Å². The average Bonchev–Trinajstić information content (AvgIpc) is 3.44. The van der Waals surface area contributed by atoms with Crippen LogP contribution in [0.15, 0.2) is 12.4 Å². The predicted octanol–water partition coefficient (Wildman–Crippen LogP) is 2.99. The normalized spacial score (nSPS) is 18.9. The van der Waals surface area contributed by atoms with Crippen molar-refractivity contribution >= 4 is 23.0 Å². The van der Waals surface area contributed by atoms with Crippen molar-refractivity contribution in [2.75, 3.05) is 13.1 Å². The SMILES string of the molecule is CC(C)(C)[C@@H](NC(=O)c1c[nH]c2ncc(C3CC3)nc12)C(=O)N1CCCCC1. The van der Waals surface area contributed by atoms with Gasteiger partial charge in [-0.2, -0.15) is 0 Å². The van der Waals surface area contributed by atoms with Crippen LogP contribution in [-0.2, 0) is 4.79 Å². The highest BCUT2D eigenvalue weighted by molar-refractivity contribution is 6.06. The van der Waals surface area contributed by atoms with Crippen molar-refractivity contribution in [1.82, 2.24) is 25.2 Å². The lowest BCUT2D eigenvalue weighted by atomic mass is 9.85. The molecule has 0 radical (unpaired) electrons. The van der Waals surface area contributed by atoms with Crippen LogP contribution in [0.3, 0.4) is 0 Å². The molecule has 1 aliphatic carbocycles. The Morgan fingerprint density at radius 2 is 1.93 bits per heavy atom. The van der Waals surface area contributed by atoms with Gasteiger partial charge in [0.2, 0.25) is 5.91 Å². The Kier molecular flexibility index (Phi) is 4.85. The van der Waals surface area contributed by atoms with Crippen LogP contribution in [0, 0.1) is 5.41 Å². The van der Waals surface area contributed by atoms with Crippen molar-refractivity contribution in [1.29, 1.82) is 0 Å². The first-order valence-electron chi connectivity index (χ1n) is 10.3. The zero-order valence-corrected chi connectivity index (χ0v) is 16.9. The minimum atomic E-state index is -0.581. The van der Waals surface area contributed by atoms with Crippen molar-refractivity contribution in [3.63, 3.8) is 0 Å². The number of amides is 2. The molecule has 0 aromatic carbocycles. The Bertz CT molecular complexity index is 888. The Hall–Kier alpha value is -2.44. The molecular weight excluding hydrogens is 354 g/mol. The highest BCUT2D eigenvalue weighted by Crippen LogP contribution is 2.39. The minimum absolute atomic E-state index is 0.00476. The van der Waals surface area contributed by atoms with Crippen LogP contribution in [0.25, 0.3) is 11.2 Å². The van der Waals surface area contributed by atoms with E-state index < -0.39 is 6.04 Å². The van der Waals surface area contributed by atoms with Gasteiger partial charge in [0, 0.05) is 25.2 Å². The van der Waals surface area contributed by atoms with E-state index in [-0.39, 0.29) is 17.2 Å². The number of carbonyl (C=O) groups is 2. The molecule has 1 aliphatic heterocycles. The van der Waals surface area contributed by atoms with Crippen LogP contribution >= 0.6 is 0 Å². The summed E-state index contributed by atoms with van der Waals surface area (Å²) in [7, 11) is 0. The molecule has 0 unspecified atom stereocenters. The molecule has 4 rings (SSSR count). The molecule has 0 bridgehead atoms. The number of H-pyrrole nitrogens is 1. The zero-order chi connectivity index (χ0) is 19.9. The molecule has 2 fully saturated rings. The van der Waals surface area contributed by atoms with E-state index in [2.05, 4.69) is 20.3 Å². The number of aromatic amines is 1. The predicted molar refractivity (Wildman–Crippen MR) is 107 cm³/mol.